The van der Waals surface area contributed by atoms with Crippen molar-refractivity contribution in [1.29, 1.82) is 0 Å². The molecule has 73 heavy (non-hydrogen) atoms. The number of carbonyl (C=O) groups is 5. The molecule has 2 heterocycles. The number of hydrogen-bond acceptors (Lipinski definition) is 17. The van der Waals surface area contributed by atoms with E-state index in [4.69, 9.17) is 59.7 Å². The van der Waals surface area contributed by atoms with Crippen LogP contribution in [-0.4, -0.2) is 114 Å². The van der Waals surface area contributed by atoms with Gasteiger partial charge in [0.2, 0.25) is 0 Å². The maximum absolute atomic E-state index is 14.1. The molecule has 0 amide bonds. The van der Waals surface area contributed by atoms with Crippen molar-refractivity contribution in [3.05, 3.63) is 101 Å². The van der Waals surface area contributed by atoms with Crippen LogP contribution in [0.25, 0.3) is 0 Å². The Bertz CT molecular complexity index is 2500. The van der Waals surface area contributed by atoms with Gasteiger partial charge in [-0.25, -0.2) is 9.59 Å². The molecule has 0 unspecified atom stereocenters. The van der Waals surface area contributed by atoms with Crippen molar-refractivity contribution in [1.82, 2.24) is 0 Å². The van der Waals surface area contributed by atoms with Gasteiger partial charge in [-0.15, -0.1) is 12.8 Å². The van der Waals surface area contributed by atoms with E-state index >= 15 is 0 Å². The summed E-state index contributed by atoms with van der Waals surface area (Å²) in [6.07, 6.45) is 2.52. The van der Waals surface area contributed by atoms with Gasteiger partial charge in [-0.3, -0.25) is 18.6 Å². The molecule has 0 saturated carbocycles. The van der Waals surface area contributed by atoms with Gasteiger partial charge < -0.3 is 42.6 Å². The number of hydrogen-bond donors (Lipinski definition) is 0. The fourth-order valence-electron chi connectivity index (χ4n) is 8.09. The molecular weight excluding hydrogens is 965 g/mol. The molecule has 0 spiro atoms. The Labute approximate surface area is 429 Å². The molecule has 18 heteroatoms. The topological polar surface area (TPSA) is 212 Å². The average Bonchev–Trinajstić information content (AvgIpc) is 3.34. The van der Waals surface area contributed by atoms with Crippen molar-refractivity contribution >= 4 is 40.0 Å². The van der Waals surface area contributed by atoms with Crippen LogP contribution < -0.4 is 0 Å². The van der Waals surface area contributed by atoms with Crippen molar-refractivity contribution in [2.45, 2.75) is 148 Å². The van der Waals surface area contributed by atoms with Crippen LogP contribution in [0.2, 0.25) is 0 Å². The van der Waals surface area contributed by atoms with E-state index in [1.807, 2.05) is 39.8 Å². The zero-order valence-electron chi connectivity index (χ0n) is 43.3. The third kappa shape index (κ3) is 16.7. The Balaban J connectivity index is 0.000000404. The molecule has 2 aliphatic rings. The summed E-state index contributed by atoms with van der Waals surface area (Å²) in [6, 6.07) is 20.5. The van der Waals surface area contributed by atoms with E-state index < -0.39 is 108 Å². The molecule has 2 fully saturated rings. The van der Waals surface area contributed by atoms with E-state index in [9.17, 15) is 32.4 Å². The smallest absolute Gasteiger partial charge is 0.338 e. The number of benzene rings is 3. The van der Waals surface area contributed by atoms with Crippen molar-refractivity contribution in [2.24, 2.45) is 11.8 Å². The standard InChI is InChI=1S/C39H46O9S.C16H22O8/c1-9-20-44-39-35(48-38(41)29-18-14-11-15-19-29)34(47-37(40)28-16-12-10-13-17-28)27(8)33(46-39)23-45-49(42,43)36-31(25(4)5)21-30(24(2)3)22-32(36)26(6)7;1-6-7-20-16-15(23-12(5)19)14(22-11(4)18)9(2)13(24-16)8-21-10(3)17/h1,10-19,21-22,24-27,33-35,39H,20,23H2,2-8H3;1,9,13-16H,7-8H2,2-5H3/t27-,33-,34+,35+,39-;9-,13-,14+,15+,16-/m11/s1. The van der Waals surface area contributed by atoms with Crippen LogP contribution in [0, 0.1) is 36.5 Å². The summed E-state index contributed by atoms with van der Waals surface area (Å²) in [5.74, 6) is 0.554. The molecule has 0 aromatic heterocycles. The molecule has 0 bridgehead atoms. The molecule has 3 aromatic rings. The summed E-state index contributed by atoms with van der Waals surface area (Å²) in [4.78, 5) is 60.6. The highest BCUT2D eigenvalue weighted by Gasteiger charge is 2.51. The lowest BCUT2D eigenvalue weighted by Gasteiger charge is -2.43. The first-order valence-corrected chi connectivity index (χ1v) is 25.4. The Morgan fingerprint density at radius 2 is 0.973 bits per heavy atom. The van der Waals surface area contributed by atoms with Gasteiger partial charge >= 0.3 is 29.8 Å². The summed E-state index contributed by atoms with van der Waals surface area (Å²) in [7, 11) is -4.31. The molecule has 5 rings (SSSR count). The molecule has 10 atom stereocenters. The van der Waals surface area contributed by atoms with Gasteiger partial charge in [0.1, 0.15) is 43.0 Å². The van der Waals surface area contributed by atoms with Gasteiger partial charge in [-0.2, -0.15) is 8.42 Å². The SMILES string of the molecule is C#CCO[C@@H]1O[C@H](COC(C)=O)[C@@H](C)[C@H](OC(C)=O)[C@@H]1OC(C)=O.C#CCO[C@@H]1O[C@H](COS(=O)(=O)c2c(C(C)C)cc(C(C)C)cc2C(C)C)[C@@H](C)[C@H](OC(=O)c2ccccc2)[C@@H]1OC(=O)c1ccccc1. The number of rotatable bonds is 19. The quantitative estimate of drug-likeness (QED) is 0.0488. The molecule has 2 aliphatic heterocycles. The molecule has 0 radical (unpaired) electrons. The van der Waals surface area contributed by atoms with E-state index in [0.29, 0.717) is 11.1 Å². The average molecular weight is 1030 g/mol. The van der Waals surface area contributed by atoms with Crippen LogP contribution >= 0.6 is 0 Å². The van der Waals surface area contributed by atoms with E-state index in [-0.39, 0.29) is 53.6 Å². The highest BCUT2D eigenvalue weighted by atomic mass is 32.2. The third-order valence-electron chi connectivity index (χ3n) is 12.0. The van der Waals surface area contributed by atoms with Gasteiger partial charge in [-0.1, -0.05) is 116 Å². The van der Waals surface area contributed by atoms with Crippen molar-refractivity contribution < 1.29 is 79.2 Å². The van der Waals surface area contributed by atoms with Gasteiger partial charge in [0.05, 0.1) is 23.8 Å². The number of ether oxygens (including phenoxy) is 9. The fourth-order valence-corrected chi connectivity index (χ4v) is 9.69. The van der Waals surface area contributed by atoms with Crippen LogP contribution in [0.1, 0.15) is 131 Å². The van der Waals surface area contributed by atoms with Gasteiger partial charge in [0.15, 0.2) is 24.8 Å². The second-order valence-electron chi connectivity index (χ2n) is 18.5. The number of esters is 5. The predicted molar refractivity (Wildman–Crippen MR) is 266 cm³/mol. The summed E-state index contributed by atoms with van der Waals surface area (Å²) in [5.41, 5.74) is 2.93. The summed E-state index contributed by atoms with van der Waals surface area (Å²) in [6.45, 7) is 18.3. The Hall–Kier alpha value is -6.12. The van der Waals surface area contributed by atoms with Gasteiger partial charge in [-0.05, 0) is 58.7 Å². The van der Waals surface area contributed by atoms with Crippen molar-refractivity contribution in [3.63, 3.8) is 0 Å². The van der Waals surface area contributed by atoms with Crippen molar-refractivity contribution in [3.8, 4) is 24.7 Å². The lowest BCUT2D eigenvalue weighted by molar-refractivity contribution is -0.291. The van der Waals surface area contributed by atoms with Crippen LogP contribution in [0.15, 0.2) is 77.7 Å². The monoisotopic (exact) mass is 1030 g/mol. The molecular formula is C55H68O17S. The highest BCUT2D eigenvalue weighted by molar-refractivity contribution is 7.86. The first-order chi connectivity index (χ1) is 34.5. The lowest BCUT2D eigenvalue weighted by Crippen LogP contribution is -2.58. The maximum Gasteiger partial charge on any atom is 0.338 e. The largest absolute Gasteiger partial charge is 0.463 e. The minimum atomic E-state index is -4.31. The normalized spacial score (nSPS) is 23.7. The van der Waals surface area contributed by atoms with E-state index in [1.54, 1.807) is 74.5 Å². The first-order valence-electron chi connectivity index (χ1n) is 24.0. The molecule has 2 saturated heterocycles. The van der Waals surface area contributed by atoms with Crippen LogP contribution in [0.4, 0.5) is 0 Å². The lowest BCUT2D eigenvalue weighted by atomic mass is 9.89. The van der Waals surface area contributed by atoms with Gasteiger partial charge in [0.25, 0.3) is 10.1 Å². The molecule has 3 aromatic carbocycles. The molecule has 0 aliphatic carbocycles. The van der Waals surface area contributed by atoms with Crippen LogP contribution in [-0.2, 0) is 71.3 Å². The summed E-state index contributed by atoms with van der Waals surface area (Å²) in [5, 5.41) is 0. The van der Waals surface area contributed by atoms with Crippen molar-refractivity contribution in [2.75, 3.05) is 26.4 Å². The molecule has 396 valence electrons. The third-order valence-corrected chi connectivity index (χ3v) is 13.4. The second kappa shape index (κ2) is 27.8. The molecule has 0 N–H and O–H groups in total. The number of carbonyl (C=O) groups excluding carboxylic acids is 5. The first kappa shape index (κ1) is 59.4. The zero-order chi connectivity index (χ0) is 54.2. The van der Waals surface area contributed by atoms with E-state index in [1.165, 1.54) is 20.8 Å². The zero-order valence-corrected chi connectivity index (χ0v) is 44.1. The minimum absolute atomic E-state index is 0.0586. The van der Waals surface area contributed by atoms with E-state index in [2.05, 4.69) is 25.7 Å². The molecule has 17 nitrogen and oxygen atoms in total. The maximum atomic E-state index is 14.1. The Kier molecular flexibility index (Phi) is 22.6. The summed E-state index contributed by atoms with van der Waals surface area (Å²) >= 11 is 0. The Morgan fingerprint density at radius 3 is 1.37 bits per heavy atom. The predicted octanol–water partition coefficient (Wildman–Crippen LogP) is 7.65. The van der Waals surface area contributed by atoms with E-state index in [0.717, 1.165) is 5.56 Å². The second-order valence-corrected chi connectivity index (χ2v) is 20.0. The fraction of sp³-hybridized carbons (Fsp3) is 0.509. The number of terminal acetylenes is 2. The minimum Gasteiger partial charge on any atom is -0.463 e. The summed E-state index contributed by atoms with van der Waals surface area (Å²) < 4.78 is 84.4. The van der Waals surface area contributed by atoms with Crippen LogP contribution in [0.3, 0.4) is 0 Å². The highest BCUT2D eigenvalue weighted by Crippen LogP contribution is 2.38. The van der Waals surface area contributed by atoms with Crippen LogP contribution in [0.5, 0.6) is 0 Å². The Morgan fingerprint density at radius 1 is 0.575 bits per heavy atom. The van der Waals surface area contributed by atoms with Gasteiger partial charge in [0, 0.05) is 32.6 Å².